The number of hydrogen-bond acceptors (Lipinski definition) is 4. The van der Waals surface area contributed by atoms with Gasteiger partial charge in [0, 0.05) is 24.2 Å². The van der Waals surface area contributed by atoms with E-state index in [1.807, 2.05) is 59.8 Å². The van der Waals surface area contributed by atoms with E-state index in [-0.39, 0.29) is 12.5 Å². The van der Waals surface area contributed by atoms with E-state index in [0.717, 1.165) is 11.1 Å². The van der Waals surface area contributed by atoms with Crippen molar-refractivity contribution >= 4 is 41.3 Å². The third kappa shape index (κ3) is 5.49. The zero-order valence-corrected chi connectivity index (χ0v) is 19.1. The van der Waals surface area contributed by atoms with Gasteiger partial charge in [0.1, 0.15) is 0 Å². The lowest BCUT2D eigenvalue weighted by Gasteiger charge is -2.19. The van der Waals surface area contributed by atoms with Gasteiger partial charge >= 0.3 is 0 Å². The van der Waals surface area contributed by atoms with Crippen molar-refractivity contribution in [3.8, 4) is 11.4 Å². The molecule has 0 aliphatic heterocycles. The van der Waals surface area contributed by atoms with E-state index in [2.05, 4.69) is 10.4 Å². The van der Waals surface area contributed by atoms with Crippen LogP contribution in [0.2, 0.25) is 10.0 Å². The van der Waals surface area contributed by atoms with Crippen LogP contribution in [-0.4, -0.2) is 38.2 Å². The van der Waals surface area contributed by atoms with Crippen molar-refractivity contribution < 1.29 is 4.79 Å². The van der Waals surface area contributed by atoms with Crippen molar-refractivity contribution in [3.05, 3.63) is 68.9 Å². The van der Waals surface area contributed by atoms with Crippen LogP contribution in [0.4, 0.5) is 0 Å². The summed E-state index contributed by atoms with van der Waals surface area (Å²) in [6.07, 6.45) is 0. The van der Waals surface area contributed by atoms with E-state index < -0.39 is 0 Å². The minimum absolute atomic E-state index is 0.0689. The lowest BCUT2D eigenvalue weighted by atomic mass is 10.2. The van der Waals surface area contributed by atoms with Gasteiger partial charge in [-0.1, -0.05) is 54.4 Å². The molecule has 2 aromatic carbocycles. The van der Waals surface area contributed by atoms with Crippen LogP contribution in [0.1, 0.15) is 12.5 Å². The maximum atomic E-state index is 12.4. The van der Waals surface area contributed by atoms with Crippen LogP contribution in [0.15, 0.2) is 48.5 Å². The van der Waals surface area contributed by atoms with Gasteiger partial charge in [-0.25, -0.2) is 4.68 Å². The molecule has 0 unspecified atom stereocenters. The number of amides is 1. The number of likely N-dealkylation sites (N-methyl/N-ethyl adjacent to an activating group) is 1. The first-order valence-electron chi connectivity index (χ1n) is 9.51. The van der Waals surface area contributed by atoms with Crippen molar-refractivity contribution in [3.63, 3.8) is 0 Å². The molecular formula is C21H23Cl2N5OS. The maximum absolute atomic E-state index is 12.4. The number of benzene rings is 2. The van der Waals surface area contributed by atoms with Crippen LogP contribution in [-0.2, 0) is 25.1 Å². The molecule has 0 atom stereocenters. The van der Waals surface area contributed by atoms with Gasteiger partial charge in [0.05, 0.1) is 18.2 Å². The summed E-state index contributed by atoms with van der Waals surface area (Å²) in [6.45, 7) is 3.77. The topological polar surface area (TPSA) is 55.1 Å². The van der Waals surface area contributed by atoms with Crippen LogP contribution >= 0.6 is 35.4 Å². The summed E-state index contributed by atoms with van der Waals surface area (Å²) >= 11 is 17.8. The molecule has 1 N–H and O–H groups in total. The summed E-state index contributed by atoms with van der Waals surface area (Å²) < 4.78 is 4.10. The molecule has 1 aromatic heterocycles. The van der Waals surface area contributed by atoms with Crippen molar-refractivity contribution in [1.82, 2.24) is 24.6 Å². The van der Waals surface area contributed by atoms with Gasteiger partial charge in [-0.2, -0.15) is 5.10 Å². The summed E-state index contributed by atoms with van der Waals surface area (Å²) in [5.74, 6) is 0.620. The number of nitrogens with one attached hydrogen (secondary N) is 1. The highest BCUT2D eigenvalue weighted by molar-refractivity contribution is 7.71. The highest BCUT2D eigenvalue weighted by Crippen LogP contribution is 2.26. The number of halogens is 2. The molecule has 0 bridgehead atoms. The molecule has 9 heteroatoms. The van der Waals surface area contributed by atoms with E-state index in [1.165, 1.54) is 0 Å². The molecule has 0 saturated heterocycles. The molecule has 1 amide bonds. The zero-order valence-electron chi connectivity index (χ0n) is 16.8. The van der Waals surface area contributed by atoms with Crippen LogP contribution < -0.4 is 5.32 Å². The highest BCUT2D eigenvalue weighted by atomic mass is 35.5. The summed E-state index contributed by atoms with van der Waals surface area (Å²) in [7, 11) is 1.86. The van der Waals surface area contributed by atoms with E-state index >= 15 is 0 Å². The fourth-order valence-electron chi connectivity index (χ4n) is 2.97. The zero-order chi connectivity index (χ0) is 21.7. The quantitative estimate of drug-likeness (QED) is 0.498. The second kappa shape index (κ2) is 10.2. The summed E-state index contributed by atoms with van der Waals surface area (Å²) in [6, 6.07) is 14.9. The lowest BCUT2D eigenvalue weighted by molar-refractivity contribution is -0.122. The maximum Gasteiger partial charge on any atom is 0.234 e. The molecule has 6 nitrogen and oxygen atoms in total. The Labute approximate surface area is 191 Å². The van der Waals surface area contributed by atoms with E-state index in [0.29, 0.717) is 40.4 Å². The summed E-state index contributed by atoms with van der Waals surface area (Å²) in [5.41, 5.74) is 1.81. The molecular weight excluding hydrogens is 441 g/mol. The number of nitrogens with zero attached hydrogens (tertiary/aromatic N) is 4. The van der Waals surface area contributed by atoms with Crippen molar-refractivity contribution in [1.29, 1.82) is 0 Å². The Balaban J connectivity index is 1.66. The molecule has 0 aliphatic carbocycles. The SMILES string of the molecule is CCN(CC(=O)NCc1ccc(Cl)cc1)Cn1nc(-c2ccccc2Cl)n(C)c1=S. The Bertz CT molecular complexity index is 1080. The van der Waals surface area contributed by atoms with Crippen LogP contribution in [0.5, 0.6) is 0 Å². The fraction of sp³-hybridized carbons (Fsp3) is 0.286. The van der Waals surface area contributed by atoms with Crippen molar-refractivity contribution in [2.24, 2.45) is 7.05 Å². The van der Waals surface area contributed by atoms with Gasteiger partial charge < -0.3 is 9.88 Å². The molecule has 1 heterocycles. The largest absolute Gasteiger partial charge is 0.351 e. The van der Waals surface area contributed by atoms with Crippen LogP contribution in [0, 0.1) is 4.77 Å². The van der Waals surface area contributed by atoms with Gasteiger partial charge in [-0.15, -0.1) is 0 Å². The third-order valence-corrected chi connectivity index (χ3v) is 5.77. The predicted octanol–water partition coefficient (Wildman–Crippen LogP) is 4.52. The highest BCUT2D eigenvalue weighted by Gasteiger charge is 2.16. The molecule has 158 valence electrons. The molecule has 3 rings (SSSR count). The van der Waals surface area contributed by atoms with Crippen LogP contribution in [0.25, 0.3) is 11.4 Å². The predicted molar refractivity (Wildman–Crippen MR) is 123 cm³/mol. The Hall–Kier alpha value is -2.19. The first-order valence-corrected chi connectivity index (χ1v) is 10.7. The monoisotopic (exact) mass is 463 g/mol. The third-order valence-electron chi connectivity index (χ3n) is 4.71. The average molecular weight is 464 g/mol. The van der Waals surface area contributed by atoms with Gasteiger partial charge in [-0.05, 0) is 48.6 Å². The fourth-order valence-corrected chi connectivity index (χ4v) is 3.50. The Kier molecular flexibility index (Phi) is 7.66. The van der Waals surface area contributed by atoms with Gasteiger partial charge in [0.2, 0.25) is 5.91 Å². The van der Waals surface area contributed by atoms with Crippen molar-refractivity contribution in [2.45, 2.75) is 20.1 Å². The van der Waals surface area contributed by atoms with Gasteiger partial charge in [-0.3, -0.25) is 9.69 Å². The molecule has 0 fully saturated rings. The number of carbonyl (C=O) groups excluding carboxylic acids is 1. The van der Waals surface area contributed by atoms with Crippen LogP contribution in [0.3, 0.4) is 0 Å². The molecule has 0 aliphatic rings. The van der Waals surface area contributed by atoms with E-state index in [4.69, 9.17) is 35.4 Å². The first kappa shape index (κ1) is 22.5. The number of carbonyl (C=O) groups is 1. The Morgan fingerprint density at radius 1 is 1.17 bits per heavy atom. The van der Waals surface area contributed by atoms with Crippen molar-refractivity contribution in [2.75, 3.05) is 13.1 Å². The number of rotatable bonds is 8. The summed E-state index contributed by atoms with van der Waals surface area (Å²) in [5, 5.41) is 8.86. The second-order valence-corrected chi connectivity index (χ2v) is 8.04. The standard InChI is InChI=1S/C21H23Cl2N5OS/c1-3-27(13-19(29)24-12-15-8-10-16(22)11-9-15)14-28-21(30)26(2)20(25-28)17-6-4-5-7-18(17)23/h4-11H,3,12-14H2,1-2H3,(H,24,29). The van der Waals surface area contributed by atoms with E-state index in [9.17, 15) is 4.79 Å². The minimum Gasteiger partial charge on any atom is -0.351 e. The normalized spacial score (nSPS) is 11.1. The Morgan fingerprint density at radius 2 is 1.87 bits per heavy atom. The smallest absolute Gasteiger partial charge is 0.234 e. The number of hydrogen-bond donors (Lipinski definition) is 1. The number of aromatic nitrogens is 3. The first-order chi connectivity index (χ1) is 14.4. The minimum atomic E-state index is -0.0689. The average Bonchev–Trinajstić information content (AvgIpc) is 3.01. The summed E-state index contributed by atoms with van der Waals surface area (Å²) in [4.78, 5) is 14.4. The molecule has 0 radical (unpaired) electrons. The van der Waals surface area contributed by atoms with Gasteiger partial charge in [0.15, 0.2) is 10.6 Å². The molecule has 3 aromatic rings. The van der Waals surface area contributed by atoms with Gasteiger partial charge in [0.25, 0.3) is 0 Å². The molecule has 0 spiro atoms. The molecule has 30 heavy (non-hydrogen) atoms. The Morgan fingerprint density at radius 3 is 2.53 bits per heavy atom. The lowest BCUT2D eigenvalue weighted by Crippen LogP contribution is -2.38. The van der Waals surface area contributed by atoms with E-state index in [1.54, 1.807) is 16.8 Å². The molecule has 0 saturated carbocycles. The second-order valence-electron chi connectivity index (χ2n) is 6.83.